The molecule has 0 saturated carbocycles. The van der Waals surface area contributed by atoms with Crippen molar-refractivity contribution in [2.75, 3.05) is 11.9 Å². The van der Waals surface area contributed by atoms with Crippen molar-refractivity contribution in [3.63, 3.8) is 0 Å². The molecule has 2 aromatic carbocycles. The van der Waals surface area contributed by atoms with E-state index in [0.29, 0.717) is 17.0 Å². The molecule has 10 heteroatoms. The topological polar surface area (TPSA) is 77.8 Å². The number of aromatic nitrogens is 3. The number of fused-ring (bicyclic) bond motifs is 1. The maximum absolute atomic E-state index is 12.7. The van der Waals surface area contributed by atoms with E-state index in [1.165, 1.54) is 28.9 Å². The second-order valence-electron chi connectivity index (χ2n) is 6.80. The van der Waals surface area contributed by atoms with Crippen LogP contribution in [-0.4, -0.2) is 33.5 Å². The number of carbonyl (C=O) groups excluding carboxylic acids is 1. The third-order valence-electron chi connectivity index (χ3n) is 4.46. The summed E-state index contributed by atoms with van der Waals surface area (Å²) < 4.78 is 49.1. The number of alkyl halides is 3. The zero-order valence-corrected chi connectivity index (χ0v) is 16.8. The molecular weight excluding hydrogens is 425 g/mol. The predicted molar refractivity (Wildman–Crippen MR) is 110 cm³/mol. The molecule has 1 amide bonds. The number of nitrogens with one attached hydrogen (secondary N) is 1. The van der Waals surface area contributed by atoms with Gasteiger partial charge in [0.25, 0.3) is 5.91 Å². The van der Waals surface area contributed by atoms with E-state index in [4.69, 9.17) is 4.74 Å². The smallest absolute Gasteiger partial charge is 0.483 e. The molecule has 0 spiro atoms. The maximum atomic E-state index is 12.7. The number of hydrogen-bond acceptors (Lipinski definition) is 5. The van der Waals surface area contributed by atoms with Crippen LogP contribution in [0.4, 0.5) is 19.1 Å². The highest BCUT2D eigenvalue weighted by Crippen LogP contribution is 2.33. The van der Waals surface area contributed by atoms with E-state index < -0.39 is 12.3 Å². The fraction of sp³-hybridized carbons (Fsp3) is 0.136. The molecule has 4 rings (SSSR count). The van der Waals surface area contributed by atoms with E-state index in [2.05, 4.69) is 20.1 Å². The van der Waals surface area contributed by atoms with Crippen molar-refractivity contribution in [1.82, 2.24) is 14.6 Å². The van der Waals surface area contributed by atoms with Crippen LogP contribution in [0, 0.1) is 6.92 Å². The highest BCUT2D eigenvalue weighted by molar-refractivity contribution is 5.90. The number of hydrogen-bond donors (Lipinski definition) is 1. The number of pyridine rings is 1. The zero-order valence-electron chi connectivity index (χ0n) is 16.8. The molecule has 4 aromatic rings. The summed E-state index contributed by atoms with van der Waals surface area (Å²) in [6.45, 7) is 1.64. The minimum atomic E-state index is -4.81. The van der Waals surface area contributed by atoms with Gasteiger partial charge >= 0.3 is 6.36 Å². The predicted octanol–water partition coefficient (Wildman–Crippen LogP) is 4.62. The molecule has 0 radical (unpaired) electrons. The zero-order chi connectivity index (χ0) is 22.7. The number of benzene rings is 2. The van der Waals surface area contributed by atoms with Gasteiger partial charge in [0, 0.05) is 17.3 Å². The van der Waals surface area contributed by atoms with Crippen LogP contribution in [0.3, 0.4) is 0 Å². The molecule has 0 aliphatic rings. The molecule has 164 valence electrons. The second kappa shape index (κ2) is 8.58. The number of nitrogens with zero attached hydrogens (tertiary/aromatic N) is 3. The molecule has 2 heterocycles. The molecule has 0 aliphatic heterocycles. The molecule has 0 saturated heterocycles. The van der Waals surface area contributed by atoms with Gasteiger partial charge in [-0.2, -0.15) is 4.98 Å². The van der Waals surface area contributed by atoms with Gasteiger partial charge in [-0.25, -0.2) is 4.52 Å². The number of carbonyl (C=O) groups is 1. The first-order valence-corrected chi connectivity index (χ1v) is 9.48. The first kappa shape index (κ1) is 21.2. The van der Waals surface area contributed by atoms with Crippen LogP contribution < -0.4 is 14.8 Å². The number of anilines is 1. The van der Waals surface area contributed by atoms with Crippen LogP contribution in [-0.2, 0) is 4.79 Å². The summed E-state index contributed by atoms with van der Waals surface area (Å²) >= 11 is 0. The Kier molecular flexibility index (Phi) is 5.67. The van der Waals surface area contributed by atoms with Gasteiger partial charge in [0.2, 0.25) is 5.95 Å². The van der Waals surface area contributed by atoms with E-state index in [9.17, 15) is 18.0 Å². The Balaban J connectivity index is 1.50. The van der Waals surface area contributed by atoms with Crippen molar-refractivity contribution < 1.29 is 27.4 Å². The highest BCUT2D eigenvalue weighted by atomic mass is 19.4. The normalized spacial score (nSPS) is 11.4. The second-order valence-corrected chi connectivity index (χ2v) is 6.80. The molecular formula is C22H17F3N4O3. The van der Waals surface area contributed by atoms with E-state index in [0.717, 1.165) is 5.56 Å². The number of aryl methyl sites for hydroxylation is 1. The standard InChI is InChI=1S/C22H17F3N4O3/c1-14-6-2-4-8-17(14)31-13-20(30)27-21-26-19-11-10-15(12-29(19)28-21)16-7-3-5-9-18(16)32-22(23,24)25/h2-12H,13H2,1H3,(H,27,28,30). The van der Waals surface area contributed by atoms with Crippen molar-refractivity contribution in [2.24, 2.45) is 0 Å². The van der Waals surface area contributed by atoms with Gasteiger partial charge < -0.3 is 9.47 Å². The molecule has 7 nitrogen and oxygen atoms in total. The Morgan fingerprint density at radius 1 is 1.03 bits per heavy atom. The van der Waals surface area contributed by atoms with Gasteiger partial charge in [-0.05, 0) is 36.8 Å². The number of halogens is 3. The molecule has 0 unspecified atom stereocenters. The van der Waals surface area contributed by atoms with Crippen molar-refractivity contribution >= 4 is 17.5 Å². The molecule has 0 atom stereocenters. The van der Waals surface area contributed by atoms with Crippen LogP contribution in [0.25, 0.3) is 16.8 Å². The Labute approximate surface area is 180 Å². The SMILES string of the molecule is Cc1ccccc1OCC(=O)Nc1nc2ccc(-c3ccccc3OC(F)(F)F)cn2n1. The number of para-hydroxylation sites is 2. The molecule has 0 bridgehead atoms. The quantitative estimate of drug-likeness (QED) is 0.472. The van der Waals surface area contributed by atoms with Crippen molar-refractivity contribution in [1.29, 1.82) is 0 Å². The van der Waals surface area contributed by atoms with E-state index >= 15 is 0 Å². The Bertz CT molecular complexity index is 1270. The summed E-state index contributed by atoms with van der Waals surface area (Å²) in [7, 11) is 0. The highest BCUT2D eigenvalue weighted by Gasteiger charge is 2.32. The molecule has 1 N–H and O–H groups in total. The largest absolute Gasteiger partial charge is 0.573 e. The number of ether oxygens (including phenoxy) is 2. The fourth-order valence-corrected chi connectivity index (χ4v) is 3.04. The van der Waals surface area contributed by atoms with Gasteiger partial charge in [0.15, 0.2) is 12.3 Å². The van der Waals surface area contributed by atoms with Crippen LogP contribution in [0.1, 0.15) is 5.56 Å². The first-order chi connectivity index (χ1) is 15.3. The lowest BCUT2D eigenvalue weighted by atomic mass is 10.1. The summed E-state index contributed by atoms with van der Waals surface area (Å²) in [4.78, 5) is 16.4. The summed E-state index contributed by atoms with van der Waals surface area (Å²) in [5.74, 6) is -0.148. The number of amides is 1. The monoisotopic (exact) mass is 442 g/mol. The minimum Gasteiger partial charge on any atom is -0.483 e. The maximum Gasteiger partial charge on any atom is 0.573 e. The number of rotatable bonds is 6. The van der Waals surface area contributed by atoms with Gasteiger partial charge in [0.05, 0.1) is 0 Å². The summed E-state index contributed by atoms with van der Waals surface area (Å²) in [5.41, 5.74) is 1.97. The van der Waals surface area contributed by atoms with Crippen molar-refractivity contribution in [3.05, 3.63) is 72.4 Å². The average Bonchev–Trinajstić information content (AvgIpc) is 3.13. The molecule has 32 heavy (non-hydrogen) atoms. The molecule has 0 aliphatic carbocycles. The van der Waals surface area contributed by atoms with Crippen LogP contribution >= 0.6 is 0 Å². The average molecular weight is 442 g/mol. The minimum absolute atomic E-state index is 0.0420. The fourth-order valence-electron chi connectivity index (χ4n) is 3.04. The third-order valence-corrected chi connectivity index (χ3v) is 4.46. The van der Waals surface area contributed by atoms with Crippen LogP contribution in [0.2, 0.25) is 0 Å². The first-order valence-electron chi connectivity index (χ1n) is 9.48. The van der Waals surface area contributed by atoms with E-state index in [1.54, 1.807) is 30.3 Å². The Morgan fingerprint density at radius 2 is 1.75 bits per heavy atom. The van der Waals surface area contributed by atoms with Crippen molar-refractivity contribution in [2.45, 2.75) is 13.3 Å². The van der Waals surface area contributed by atoms with Crippen molar-refractivity contribution in [3.8, 4) is 22.6 Å². The summed E-state index contributed by atoms with van der Waals surface area (Å²) in [6.07, 6.45) is -3.31. The summed E-state index contributed by atoms with van der Waals surface area (Å²) in [5, 5.41) is 6.71. The summed E-state index contributed by atoms with van der Waals surface area (Å²) in [6, 6.07) is 16.3. The lowest BCUT2D eigenvalue weighted by Crippen LogP contribution is -2.21. The van der Waals surface area contributed by atoms with Gasteiger partial charge in [-0.1, -0.05) is 36.4 Å². The van der Waals surface area contributed by atoms with Gasteiger partial charge in [-0.15, -0.1) is 18.3 Å². The molecule has 0 fully saturated rings. The lowest BCUT2D eigenvalue weighted by Gasteiger charge is -2.13. The Morgan fingerprint density at radius 3 is 2.50 bits per heavy atom. The van der Waals surface area contributed by atoms with Gasteiger partial charge in [0.1, 0.15) is 11.5 Å². The third kappa shape index (κ3) is 4.97. The Hall–Kier alpha value is -4.08. The van der Waals surface area contributed by atoms with Crippen LogP contribution in [0.15, 0.2) is 66.9 Å². The van der Waals surface area contributed by atoms with E-state index in [-0.39, 0.29) is 23.9 Å². The molecule has 2 aromatic heterocycles. The lowest BCUT2D eigenvalue weighted by molar-refractivity contribution is -0.274. The van der Waals surface area contributed by atoms with Crippen LogP contribution in [0.5, 0.6) is 11.5 Å². The van der Waals surface area contributed by atoms with Gasteiger partial charge in [-0.3, -0.25) is 10.1 Å². The van der Waals surface area contributed by atoms with E-state index in [1.807, 2.05) is 19.1 Å².